The predicted molar refractivity (Wildman–Crippen MR) is 123 cm³/mol. The number of likely N-dealkylation sites (N-methyl/N-ethyl adjacent to an activating group) is 1. The van der Waals surface area contributed by atoms with Crippen LogP contribution >= 0.6 is 0 Å². The van der Waals surface area contributed by atoms with E-state index in [9.17, 15) is 14.0 Å². The Hall–Kier alpha value is -2.89. The van der Waals surface area contributed by atoms with Gasteiger partial charge in [-0.05, 0) is 60.7 Å². The molecule has 2 amide bonds. The SMILES string of the molecule is CCNC(=O)C(CC)Oc1ccc2c(c1)C(c1cccc(F)c1)N(C(=O)C(C)(C)C)CC2. The molecule has 0 spiro atoms. The summed E-state index contributed by atoms with van der Waals surface area (Å²) in [4.78, 5) is 27.5. The molecule has 32 heavy (non-hydrogen) atoms. The fraction of sp³-hybridized carbons (Fsp3) is 0.462. The largest absolute Gasteiger partial charge is 0.481 e. The van der Waals surface area contributed by atoms with Crippen LogP contribution in [0.3, 0.4) is 0 Å². The van der Waals surface area contributed by atoms with E-state index < -0.39 is 17.6 Å². The summed E-state index contributed by atoms with van der Waals surface area (Å²) in [6, 6.07) is 11.7. The van der Waals surface area contributed by atoms with Crippen molar-refractivity contribution >= 4 is 11.8 Å². The van der Waals surface area contributed by atoms with Crippen molar-refractivity contribution in [3.63, 3.8) is 0 Å². The number of carbonyl (C=O) groups is 2. The molecule has 0 radical (unpaired) electrons. The number of nitrogens with zero attached hydrogens (tertiary/aromatic N) is 1. The molecule has 2 atom stereocenters. The van der Waals surface area contributed by atoms with Gasteiger partial charge in [-0.15, -0.1) is 0 Å². The highest BCUT2D eigenvalue weighted by Crippen LogP contribution is 2.39. The maximum absolute atomic E-state index is 14.1. The molecule has 0 bridgehead atoms. The Morgan fingerprint density at radius 3 is 2.56 bits per heavy atom. The molecule has 0 fully saturated rings. The lowest BCUT2D eigenvalue weighted by Crippen LogP contribution is -2.45. The highest BCUT2D eigenvalue weighted by Gasteiger charge is 2.37. The van der Waals surface area contributed by atoms with Crippen LogP contribution in [0.25, 0.3) is 0 Å². The molecule has 2 aromatic rings. The van der Waals surface area contributed by atoms with E-state index in [-0.39, 0.29) is 17.6 Å². The number of halogens is 1. The fourth-order valence-corrected chi connectivity index (χ4v) is 4.13. The number of nitrogens with one attached hydrogen (secondary N) is 1. The fourth-order valence-electron chi connectivity index (χ4n) is 4.13. The van der Waals surface area contributed by atoms with Crippen molar-refractivity contribution in [2.75, 3.05) is 13.1 Å². The number of carbonyl (C=O) groups excluding carboxylic acids is 2. The molecule has 1 heterocycles. The highest BCUT2D eigenvalue weighted by atomic mass is 19.1. The first-order chi connectivity index (χ1) is 15.2. The second-order valence-corrected chi connectivity index (χ2v) is 9.23. The third kappa shape index (κ3) is 5.12. The minimum Gasteiger partial charge on any atom is -0.481 e. The Kier molecular flexibility index (Phi) is 7.22. The van der Waals surface area contributed by atoms with Gasteiger partial charge in [-0.2, -0.15) is 0 Å². The molecule has 0 aliphatic carbocycles. The van der Waals surface area contributed by atoms with Crippen LogP contribution in [0, 0.1) is 11.2 Å². The molecule has 6 heteroatoms. The van der Waals surface area contributed by atoms with E-state index in [0.29, 0.717) is 31.7 Å². The van der Waals surface area contributed by atoms with Crippen molar-refractivity contribution in [2.24, 2.45) is 5.41 Å². The van der Waals surface area contributed by atoms with E-state index in [1.54, 1.807) is 6.07 Å². The van der Waals surface area contributed by atoms with E-state index in [0.717, 1.165) is 16.7 Å². The smallest absolute Gasteiger partial charge is 0.261 e. The summed E-state index contributed by atoms with van der Waals surface area (Å²) >= 11 is 0. The van der Waals surface area contributed by atoms with Gasteiger partial charge in [0.05, 0.1) is 6.04 Å². The first-order valence-corrected chi connectivity index (χ1v) is 11.3. The molecule has 2 aromatic carbocycles. The molecular formula is C26H33FN2O3. The van der Waals surface area contributed by atoms with Crippen LogP contribution in [0.1, 0.15) is 63.8 Å². The van der Waals surface area contributed by atoms with Gasteiger partial charge in [-0.25, -0.2) is 4.39 Å². The Morgan fingerprint density at radius 2 is 1.94 bits per heavy atom. The maximum Gasteiger partial charge on any atom is 0.261 e. The second kappa shape index (κ2) is 9.72. The van der Waals surface area contributed by atoms with Crippen molar-refractivity contribution in [3.8, 4) is 5.75 Å². The van der Waals surface area contributed by atoms with Crippen LogP contribution in [-0.2, 0) is 16.0 Å². The Labute approximate surface area is 190 Å². The normalized spacial score (nSPS) is 16.8. The van der Waals surface area contributed by atoms with Gasteiger partial charge in [0.1, 0.15) is 11.6 Å². The lowest BCUT2D eigenvalue weighted by molar-refractivity contribution is -0.141. The molecule has 0 aromatic heterocycles. The van der Waals surface area contributed by atoms with Crippen molar-refractivity contribution in [2.45, 2.75) is 59.6 Å². The van der Waals surface area contributed by atoms with Gasteiger partial charge >= 0.3 is 0 Å². The van der Waals surface area contributed by atoms with Crippen molar-refractivity contribution in [1.82, 2.24) is 10.2 Å². The van der Waals surface area contributed by atoms with Crippen LogP contribution in [0.15, 0.2) is 42.5 Å². The number of hydrogen-bond donors (Lipinski definition) is 1. The monoisotopic (exact) mass is 440 g/mol. The number of rotatable bonds is 6. The number of ether oxygens (including phenoxy) is 1. The lowest BCUT2D eigenvalue weighted by Gasteiger charge is -2.41. The summed E-state index contributed by atoms with van der Waals surface area (Å²) in [5.74, 6) is 0.0808. The van der Waals surface area contributed by atoms with Gasteiger partial charge < -0.3 is 15.0 Å². The van der Waals surface area contributed by atoms with Gasteiger partial charge in [0, 0.05) is 18.5 Å². The van der Waals surface area contributed by atoms with Gasteiger partial charge in [0.2, 0.25) is 5.91 Å². The minimum atomic E-state index is -0.600. The molecule has 3 rings (SSSR count). The molecule has 0 saturated carbocycles. The summed E-state index contributed by atoms with van der Waals surface area (Å²) in [6.45, 7) is 10.5. The topological polar surface area (TPSA) is 58.6 Å². The predicted octanol–water partition coefficient (Wildman–Crippen LogP) is 4.64. The van der Waals surface area contributed by atoms with Crippen LogP contribution < -0.4 is 10.1 Å². The summed E-state index contributed by atoms with van der Waals surface area (Å²) in [7, 11) is 0. The summed E-state index contributed by atoms with van der Waals surface area (Å²) < 4.78 is 20.2. The minimum absolute atomic E-state index is 0.0116. The van der Waals surface area contributed by atoms with Gasteiger partial charge in [-0.1, -0.05) is 45.9 Å². The highest BCUT2D eigenvalue weighted by molar-refractivity contribution is 5.83. The third-order valence-electron chi connectivity index (χ3n) is 5.71. The van der Waals surface area contributed by atoms with Crippen molar-refractivity contribution < 1.29 is 18.7 Å². The van der Waals surface area contributed by atoms with Gasteiger partial charge in [-0.3, -0.25) is 9.59 Å². The van der Waals surface area contributed by atoms with Crippen molar-refractivity contribution in [1.29, 1.82) is 0 Å². The van der Waals surface area contributed by atoms with Gasteiger partial charge in [0.25, 0.3) is 5.91 Å². The average Bonchev–Trinajstić information content (AvgIpc) is 2.75. The number of benzene rings is 2. The Bertz CT molecular complexity index is 983. The second-order valence-electron chi connectivity index (χ2n) is 9.23. The zero-order valence-electron chi connectivity index (χ0n) is 19.6. The summed E-state index contributed by atoms with van der Waals surface area (Å²) in [5, 5.41) is 2.80. The van der Waals surface area contributed by atoms with E-state index in [2.05, 4.69) is 5.32 Å². The quantitative estimate of drug-likeness (QED) is 0.712. The molecule has 5 nitrogen and oxygen atoms in total. The molecule has 1 aliphatic heterocycles. The molecular weight excluding hydrogens is 407 g/mol. The standard InChI is InChI=1S/C26H33FN2O3/c1-6-22(24(30)28-7-2)32-20-12-11-17-13-14-29(25(31)26(3,4)5)23(21(17)16-20)18-9-8-10-19(27)15-18/h8-12,15-16,22-23H,6-7,13-14H2,1-5H3,(H,28,30). The third-order valence-corrected chi connectivity index (χ3v) is 5.71. The number of fused-ring (bicyclic) bond motifs is 1. The van der Waals surface area contributed by atoms with E-state index in [4.69, 9.17) is 4.74 Å². The van der Waals surface area contributed by atoms with E-state index in [1.165, 1.54) is 12.1 Å². The van der Waals surface area contributed by atoms with Crippen molar-refractivity contribution in [3.05, 3.63) is 65.0 Å². The molecule has 172 valence electrons. The Morgan fingerprint density at radius 1 is 1.19 bits per heavy atom. The number of hydrogen-bond acceptors (Lipinski definition) is 3. The number of amides is 2. The average molecular weight is 441 g/mol. The Balaban J connectivity index is 2.04. The van der Waals surface area contributed by atoms with Crippen LogP contribution in [0.2, 0.25) is 0 Å². The molecule has 1 N–H and O–H groups in total. The zero-order valence-corrected chi connectivity index (χ0v) is 19.6. The first kappa shape index (κ1) is 23.8. The van der Waals surface area contributed by atoms with E-state index >= 15 is 0 Å². The summed E-state index contributed by atoms with van der Waals surface area (Å²) in [6.07, 6.45) is 0.637. The molecule has 2 unspecified atom stereocenters. The van der Waals surface area contributed by atoms with Crippen LogP contribution in [0.5, 0.6) is 5.75 Å². The first-order valence-electron chi connectivity index (χ1n) is 11.3. The van der Waals surface area contributed by atoms with Crippen LogP contribution in [-0.4, -0.2) is 35.9 Å². The van der Waals surface area contributed by atoms with Gasteiger partial charge in [0.15, 0.2) is 6.10 Å². The molecule has 0 saturated heterocycles. The maximum atomic E-state index is 14.1. The van der Waals surface area contributed by atoms with E-state index in [1.807, 2.05) is 63.8 Å². The summed E-state index contributed by atoms with van der Waals surface area (Å²) in [5.41, 5.74) is 2.15. The van der Waals surface area contributed by atoms with Crippen LogP contribution in [0.4, 0.5) is 4.39 Å². The zero-order chi connectivity index (χ0) is 23.5. The molecule has 1 aliphatic rings. The lowest BCUT2D eigenvalue weighted by atomic mass is 9.85.